The van der Waals surface area contributed by atoms with E-state index in [1.807, 2.05) is 0 Å². The Morgan fingerprint density at radius 2 is 2.08 bits per heavy atom. The molecule has 0 bridgehead atoms. The minimum absolute atomic E-state index is 0.139. The van der Waals surface area contributed by atoms with Gasteiger partial charge in [-0.15, -0.1) is 0 Å². The molecule has 0 fully saturated rings. The van der Waals surface area contributed by atoms with Crippen LogP contribution >= 0.6 is 0 Å². The van der Waals surface area contributed by atoms with Gasteiger partial charge in [-0.2, -0.15) is 0 Å². The van der Waals surface area contributed by atoms with Crippen LogP contribution in [0.5, 0.6) is 0 Å². The zero-order chi connectivity index (χ0) is 10.0. The first-order chi connectivity index (χ1) is 6.07. The lowest BCUT2D eigenvalue weighted by atomic mass is 10.1. The van der Waals surface area contributed by atoms with Crippen LogP contribution in [0.2, 0.25) is 0 Å². The van der Waals surface area contributed by atoms with Crippen molar-refractivity contribution in [1.29, 1.82) is 0 Å². The highest BCUT2D eigenvalue weighted by molar-refractivity contribution is 5.94. The molecule has 0 radical (unpaired) electrons. The number of hydrogen-bond donors (Lipinski definition) is 2. The summed E-state index contributed by atoms with van der Waals surface area (Å²) in [5.74, 6) is -3.17. The molecule has 2 N–H and O–H groups in total. The van der Waals surface area contributed by atoms with Crippen LogP contribution in [0, 0.1) is 18.6 Å². The predicted octanol–water partition coefficient (Wildman–Crippen LogP) is 1.39. The average molecular weight is 187 g/mol. The van der Waals surface area contributed by atoms with E-state index in [2.05, 4.69) is 0 Å². The second kappa shape index (κ2) is 3.49. The summed E-state index contributed by atoms with van der Waals surface area (Å²) in [6.07, 6.45) is 0. The van der Waals surface area contributed by atoms with Crippen molar-refractivity contribution in [2.45, 2.75) is 6.92 Å². The Morgan fingerprint density at radius 3 is 2.62 bits per heavy atom. The summed E-state index contributed by atoms with van der Waals surface area (Å²) in [4.78, 5) is 10.8. The van der Waals surface area contributed by atoms with Crippen molar-refractivity contribution in [2.75, 3.05) is 0 Å². The molecule has 1 aromatic carbocycles. The second-order valence-electron chi connectivity index (χ2n) is 2.49. The van der Waals surface area contributed by atoms with Gasteiger partial charge < -0.3 is 0 Å². The minimum Gasteiger partial charge on any atom is -0.288 e. The summed E-state index contributed by atoms with van der Waals surface area (Å²) in [5, 5.41) is 8.20. The molecule has 0 aliphatic heterocycles. The van der Waals surface area contributed by atoms with Gasteiger partial charge in [0, 0.05) is 0 Å². The van der Waals surface area contributed by atoms with Crippen molar-refractivity contribution in [3.63, 3.8) is 0 Å². The topological polar surface area (TPSA) is 49.3 Å². The first-order valence-electron chi connectivity index (χ1n) is 3.47. The third-order valence-corrected chi connectivity index (χ3v) is 1.61. The van der Waals surface area contributed by atoms with Gasteiger partial charge in [0.1, 0.15) is 17.2 Å². The quantitative estimate of drug-likeness (QED) is 0.515. The molecule has 0 spiro atoms. The molecule has 0 heterocycles. The number of hydrogen-bond acceptors (Lipinski definition) is 2. The monoisotopic (exact) mass is 187 g/mol. The smallest absolute Gasteiger partial charge is 0.280 e. The molecule has 0 aromatic heterocycles. The van der Waals surface area contributed by atoms with E-state index < -0.39 is 23.1 Å². The summed E-state index contributed by atoms with van der Waals surface area (Å²) < 4.78 is 25.9. The summed E-state index contributed by atoms with van der Waals surface area (Å²) >= 11 is 0. The van der Waals surface area contributed by atoms with Gasteiger partial charge in [-0.05, 0) is 18.6 Å². The van der Waals surface area contributed by atoms with Gasteiger partial charge in [-0.1, -0.05) is 6.07 Å². The number of benzene rings is 1. The van der Waals surface area contributed by atoms with Crippen molar-refractivity contribution < 1.29 is 18.8 Å². The maximum absolute atomic E-state index is 13.1. The van der Waals surface area contributed by atoms with Crippen LogP contribution in [0.1, 0.15) is 15.9 Å². The van der Waals surface area contributed by atoms with E-state index >= 15 is 0 Å². The summed E-state index contributed by atoms with van der Waals surface area (Å²) in [5.41, 5.74) is 0.535. The average Bonchev–Trinajstić information content (AvgIpc) is 2.12. The minimum atomic E-state index is -1.20. The highest BCUT2D eigenvalue weighted by Gasteiger charge is 2.17. The normalized spacial score (nSPS) is 9.85. The van der Waals surface area contributed by atoms with Gasteiger partial charge in [0.25, 0.3) is 5.91 Å². The molecule has 70 valence electrons. The Kier molecular flexibility index (Phi) is 2.57. The zero-order valence-electron chi connectivity index (χ0n) is 6.77. The Balaban J connectivity index is 3.33. The molecule has 13 heavy (non-hydrogen) atoms. The number of nitrogens with one attached hydrogen (secondary N) is 1. The SMILES string of the molecule is Cc1ccc(F)c(C(=O)NO)c1F. The fourth-order valence-corrected chi connectivity index (χ4v) is 0.921. The lowest BCUT2D eigenvalue weighted by Gasteiger charge is -2.04. The molecule has 0 aliphatic rings. The molecule has 1 rings (SSSR count). The molecular formula is C8H7F2NO2. The number of carbonyl (C=O) groups is 1. The van der Waals surface area contributed by atoms with Gasteiger partial charge in [-0.3, -0.25) is 10.0 Å². The Bertz CT molecular complexity index is 352. The number of aryl methyl sites for hydroxylation is 1. The molecular weight excluding hydrogens is 180 g/mol. The van der Waals surface area contributed by atoms with Gasteiger partial charge in [0.15, 0.2) is 0 Å². The molecule has 1 amide bonds. The second-order valence-corrected chi connectivity index (χ2v) is 2.49. The first-order valence-corrected chi connectivity index (χ1v) is 3.47. The van der Waals surface area contributed by atoms with Crippen LogP contribution in [0.4, 0.5) is 8.78 Å². The van der Waals surface area contributed by atoms with Crippen LogP contribution in [0.25, 0.3) is 0 Å². The van der Waals surface area contributed by atoms with E-state index in [4.69, 9.17) is 5.21 Å². The van der Waals surface area contributed by atoms with Crippen molar-refractivity contribution in [2.24, 2.45) is 0 Å². The summed E-state index contributed by atoms with van der Waals surface area (Å²) in [7, 11) is 0. The Morgan fingerprint density at radius 1 is 1.46 bits per heavy atom. The van der Waals surface area contributed by atoms with E-state index in [1.54, 1.807) is 0 Å². The summed E-state index contributed by atoms with van der Waals surface area (Å²) in [6.45, 7) is 1.39. The highest BCUT2D eigenvalue weighted by atomic mass is 19.1. The van der Waals surface area contributed by atoms with Crippen molar-refractivity contribution >= 4 is 5.91 Å². The fourth-order valence-electron chi connectivity index (χ4n) is 0.921. The third kappa shape index (κ3) is 1.65. The Labute approximate surface area is 73.0 Å². The molecule has 0 unspecified atom stereocenters. The predicted molar refractivity (Wildman–Crippen MR) is 40.3 cm³/mol. The van der Waals surface area contributed by atoms with Crippen molar-refractivity contribution in [1.82, 2.24) is 5.48 Å². The van der Waals surface area contributed by atoms with Crippen LogP contribution in [-0.2, 0) is 0 Å². The number of hydroxylamine groups is 1. The summed E-state index contributed by atoms with van der Waals surface area (Å²) in [6, 6.07) is 2.17. The van der Waals surface area contributed by atoms with E-state index in [-0.39, 0.29) is 5.56 Å². The highest BCUT2D eigenvalue weighted by Crippen LogP contribution is 2.15. The van der Waals surface area contributed by atoms with Gasteiger partial charge in [0.05, 0.1) is 0 Å². The van der Waals surface area contributed by atoms with Crippen LogP contribution < -0.4 is 5.48 Å². The van der Waals surface area contributed by atoms with Gasteiger partial charge in [-0.25, -0.2) is 14.3 Å². The maximum atomic E-state index is 13.1. The van der Waals surface area contributed by atoms with E-state index in [0.717, 1.165) is 6.07 Å². The van der Waals surface area contributed by atoms with Crippen LogP contribution in [-0.4, -0.2) is 11.1 Å². The number of rotatable bonds is 1. The number of carbonyl (C=O) groups excluding carboxylic acids is 1. The molecule has 0 atom stereocenters. The van der Waals surface area contributed by atoms with E-state index in [0.29, 0.717) is 0 Å². The van der Waals surface area contributed by atoms with Crippen LogP contribution in [0.15, 0.2) is 12.1 Å². The molecule has 0 saturated carbocycles. The van der Waals surface area contributed by atoms with Gasteiger partial charge >= 0.3 is 0 Å². The molecule has 1 aromatic rings. The molecule has 0 aliphatic carbocycles. The standard InChI is InChI=1S/C8H7F2NO2/c1-4-2-3-5(9)6(7(4)10)8(12)11-13/h2-3,13H,1H3,(H,11,12). The van der Waals surface area contributed by atoms with Crippen LogP contribution in [0.3, 0.4) is 0 Å². The van der Waals surface area contributed by atoms with Crippen molar-refractivity contribution in [3.8, 4) is 0 Å². The first kappa shape index (κ1) is 9.60. The van der Waals surface area contributed by atoms with Gasteiger partial charge in [0.2, 0.25) is 0 Å². The molecule has 3 nitrogen and oxygen atoms in total. The van der Waals surface area contributed by atoms with E-state index in [9.17, 15) is 13.6 Å². The van der Waals surface area contributed by atoms with E-state index in [1.165, 1.54) is 18.5 Å². The number of amides is 1. The third-order valence-electron chi connectivity index (χ3n) is 1.61. The fraction of sp³-hybridized carbons (Fsp3) is 0.125. The maximum Gasteiger partial charge on any atom is 0.280 e. The zero-order valence-corrected chi connectivity index (χ0v) is 6.77. The number of halogens is 2. The molecule has 5 heteroatoms. The largest absolute Gasteiger partial charge is 0.288 e. The Hall–Kier alpha value is -1.49. The lowest BCUT2D eigenvalue weighted by molar-refractivity contribution is 0.0696. The lowest BCUT2D eigenvalue weighted by Crippen LogP contribution is -2.22. The van der Waals surface area contributed by atoms with Crippen molar-refractivity contribution in [3.05, 3.63) is 34.9 Å². The molecule has 0 saturated heterocycles.